The van der Waals surface area contributed by atoms with Gasteiger partial charge in [-0.1, -0.05) is 23.9 Å². The lowest BCUT2D eigenvalue weighted by Crippen LogP contribution is -2.24. The molecule has 0 unspecified atom stereocenters. The van der Waals surface area contributed by atoms with Gasteiger partial charge in [0.25, 0.3) is 5.56 Å². The maximum absolute atomic E-state index is 12.5. The van der Waals surface area contributed by atoms with E-state index in [1.807, 2.05) is 18.2 Å². The molecule has 0 spiro atoms. The predicted molar refractivity (Wildman–Crippen MR) is 83.3 cm³/mol. The molecule has 0 radical (unpaired) electrons. The zero-order valence-corrected chi connectivity index (χ0v) is 12.5. The lowest BCUT2D eigenvalue weighted by Gasteiger charge is -2.12. The monoisotopic (exact) mass is 303 g/mol. The highest BCUT2D eigenvalue weighted by Crippen LogP contribution is 2.19. The zero-order valence-electron chi connectivity index (χ0n) is 11.7. The molecule has 0 atom stereocenters. The number of aliphatic hydroxyl groups excluding tert-OH is 1. The van der Waals surface area contributed by atoms with Crippen molar-refractivity contribution in [3.63, 3.8) is 0 Å². The van der Waals surface area contributed by atoms with E-state index in [1.54, 1.807) is 10.6 Å². The highest BCUT2D eigenvalue weighted by molar-refractivity contribution is 7.99. The summed E-state index contributed by atoms with van der Waals surface area (Å²) in [7, 11) is 0. The van der Waals surface area contributed by atoms with E-state index < -0.39 is 0 Å². The van der Waals surface area contributed by atoms with Crippen molar-refractivity contribution in [2.24, 2.45) is 0 Å². The van der Waals surface area contributed by atoms with Crippen LogP contribution in [0.4, 0.5) is 0 Å². The molecule has 0 aliphatic heterocycles. The van der Waals surface area contributed by atoms with Gasteiger partial charge in [-0.25, -0.2) is 4.98 Å². The SMILES string of the molecule is N#CCCCSc1nc2ccccc2c(=O)n1CCCO. The molecule has 2 aromatic rings. The average molecular weight is 303 g/mol. The second-order valence-electron chi connectivity index (χ2n) is 4.56. The molecule has 2 rings (SSSR count). The Balaban J connectivity index is 2.35. The number of hydrogen-bond donors (Lipinski definition) is 1. The number of aliphatic hydroxyl groups is 1. The first kappa shape index (κ1) is 15.5. The molecule has 21 heavy (non-hydrogen) atoms. The van der Waals surface area contributed by atoms with E-state index in [4.69, 9.17) is 10.4 Å². The van der Waals surface area contributed by atoms with E-state index in [1.165, 1.54) is 11.8 Å². The second kappa shape index (κ2) is 7.81. The highest BCUT2D eigenvalue weighted by atomic mass is 32.2. The molecule has 0 fully saturated rings. The number of nitrogens with zero attached hydrogens (tertiary/aromatic N) is 3. The minimum absolute atomic E-state index is 0.0395. The third-order valence-corrected chi connectivity index (χ3v) is 4.09. The van der Waals surface area contributed by atoms with Crippen LogP contribution in [0.15, 0.2) is 34.2 Å². The molecule has 110 valence electrons. The van der Waals surface area contributed by atoms with Gasteiger partial charge in [0.05, 0.1) is 17.0 Å². The number of thioether (sulfide) groups is 1. The molecule has 0 bridgehead atoms. The van der Waals surface area contributed by atoms with E-state index in [0.717, 1.165) is 12.2 Å². The third kappa shape index (κ3) is 3.84. The fourth-order valence-corrected chi connectivity index (χ4v) is 2.96. The number of rotatable bonds is 7. The smallest absolute Gasteiger partial charge is 0.262 e. The van der Waals surface area contributed by atoms with Crippen LogP contribution in [0.5, 0.6) is 0 Å². The summed E-state index contributed by atoms with van der Waals surface area (Å²) in [6, 6.07) is 9.38. The summed E-state index contributed by atoms with van der Waals surface area (Å²) in [6.07, 6.45) is 1.79. The Kier molecular flexibility index (Phi) is 5.78. The Bertz CT molecular complexity index is 706. The van der Waals surface area contributed by atoms with Gasteiger partial charge < -0.3 is 5.11 Å². The average Bonchev–Trinajstić information content (AvgIpc) is 2.51. The fourth-order valence-electron chi connectivity index (χ4n) is 2.00. The van der Waals surface area contributed by atoms with Crippen molar-refractivity contribution >= 4 is 22.7 Å². The van der Waals surface area contributed by atoms with E-state index in [-0.39, 0.29) is 12.2 Å². The first-order valence-electron chi connectivity index (χ1n) is 6.88. The van der Waals surface area contributed by atoms with Crippen molar-refractivity contribution in [1.82, 2.24) is 9.55 Å². The Hall–Kier alpha value is -1.84. The van der Waals surface area contributed by atoms with Gasteiger partial charge in [0, 0.05) is 25.3 Å². The molecule has 1 N–H and O–H groups in total. The summed E-state index contributed by atoms with van der Waals surface area (Å²) >= 11 is 1.49. The highest BCUT2D eigenvalue weighted by Gasteiger charge is 2.10. The van der Waals surface area contributed by atoms with Gasteiger partial charge in [-0.15, -0.1) is 0 Å². The van der Waals surface area contributed by atoms with Gasteiger partial charge in [0.15, 0.2) is 5.16 Å². The number of fused-ring (bicyclic) bond motifs is 1. The van der Waals surface area contributed by atoms with Gasteiger partial charge >= 0.3 is 0 Å². The van der Waals surface area contributed by atoms with Crippen LogP contribution in [0, 0.1) is 11.3 Å². The zero-order chi connectivity index (χ0) is 15.1. The van der Waals surface area contributed by atoms with E-state index in [0.29, 0.717) is 35.4 Å². The molecule has 1 heterocycles. The molecule has 1 aromatic heterocycles. The van der Waals surface area contributed by atoms with Gasteiger partial charge in [0.2, 0.25) is 0 Å². The Morgan fingerprint density at radius 1 is 1.33 bits per heavy atom. The van der Waals surface area contributed by atoms with Gasteiger partial charge in [0.1, 0.15) is 0 Å². The predicted octanol–water partition coefficient (Wildman–Crippen LogP) is 2.17. The van der Waals surface area contributed by atoms with Crippen LogP contribution in [-0.4, -0.2) is 27.0 Å². The minimum Gasteiger partial charge on any atom is -0.396 e. The molecule has 0 saturated heterocycles. The largest absolute Gasteiger partial charge is 0.396 e. The number of unbranched alkanes of at least 4 members (excludes halogenated alkanes) is 1. The first-order valence-corrected chi connectivity index (χ1v) is 7.86. The summed E-state index contributed by atoms with van der Waals surface area (Å²) in [4.78, 5) is 17.1. The van der Waals surface area contributed by atoms with Gasteiger partial charge in [-0.05, 0) is 25.0 Å². The van der Waals surface area contributed by atoms with Crippen LogP contribution < -0.4 is 5.56 Å². The molecule has 0 aliphatic rings. The Morgan fingerprint density at radius 3 is 2.90 bits per heavy atom. The van der Waals surface area contributed by atoms with Crippen LogP contribution in [-0.2, 0) is 6.54 Å². The van der Waals surface area contributed by atoms with E-state index in [9.17, 15) is 4.79 Å². The van der Waals surface area contributed by atoms with Crippen molar-refractivity contribution < 1.29 is 5.11 Å². The van der Waals surface area contributed by atoms with Crippen molar-refractivity contribution in [2.45, 2.75) is 31.0 Å². The van der Waals surface area contributed by atoms with Crippen LogP contribution in [0.25, 0.3) is 10.9 Å². The van der Waals surface area contributed by atoms with Crippen molar-refractivity contribution in [3.8, 4) is 6.07 Å². The number of para-hydroxylation sites is 1. The van der Waals surface area contributed by atoms with Crippen LogP contribution >= 0.6 is 11.8 Å². The summed E-state index contributed by atoms with van der Waals surface area (Å²) in [6.45, 7) is 0.492. The first-order chi connectivity index (χ1) is 10.3. The molecule has 0 aliphatic carbocycles. The van der Waals surface area contributed by atoms with E-state index in [2.05, 4.69) is 11.1 Å². The van der Waals surface area contributed by atoms with E-state index >= 15 is 0 Å². The molecule has 0 saturated carbocycles. The number of hydrogen-bond acceptors (Lipinski definition) is 5. The molecule has 0 amide bonds. The van der Waals surface area contributed by atoms with Crippen molar-refractivity contribution in [3.05, 3.63) is 34.6 Å². The summed E-state index contributed by atoms with van der Waals surface area (Å²) in [5, 5.41) is 18.8. The van der Waals surface area contributed by atoms with Crippen LogP contribution in [0.1, 0.15) is 19.3 Å². The minimum atomic E-state index is -0.0724. The lowest BCUT2D eigenvalue weighted by molar-refractivity contribution is 0.276. The molecule has 6 heteroatoms. The standard InChI is InChI=1S/C15H17N3O2S/c16-8-3-4-11-21-15-17-13-7-2-1-6-12(13)14(20)18(15)9-5-10-19/h1-2,6-7,19H,3-5,9-11H2. The lowest BCUT2D eigenvalue weighted by atomic mass is 10.2. The Labute approximate surface area is 127 Å². The number of aromatic nitrogens is 2. The second-order valence-corrected chi connectivity index (χ2v) is 5.62. The molecule has 5 nitrogen and oxygen atoms in total. The quantitative estimate of drug-likeness (QED) is 0.482. The maximum atomic E-state index is 12.5. The summed E-state index contributed by atoms with van der Waals surface area (Å²) in [5.74, 6) is 0.747. The molecule has 1 aromatic carbocycles. The maximum Gasteiger partial charge on any atom is 0.262 e. The van der Waals surface area contributed by atoms with Gasteiger partial charge in [-0.3, -0.25) is 9.36 Å². The summed E-state index contributed by atoms with van der Waals surface area (Å²) < 4.78 is 1.62. The Morgan fingerprint density at radius 2 is 2.14 bits per heavy atom. The van der Waals surface area contributed by atoms with Crippen LogP contribution in [0.2, 0.25) is 0 Å². The van der Waals surface area contributed by atoms with Gasteiger partial charge in [-0.2, -0.15) is 5.26 Å². The van der Waals surface area contributed by atoms with Crippen molar-refractivity contribution in [1.29, 1.82) is 5.26 Å². The number of nitriles is 1. The third-order valence-electron chi connectivity index (χ3n) is 3.03. The topological polar surface area (TPSA) is 78.9 Å². The number of benzene rings is 1. The molecular formula is C15H17N3O2S. The molecular weight excluding hydrogens is 286 g/mol. The van der Waals surface area contributed by atoms with Crippen LogP contribution in [0.3, 0.4) is 0 Å². The van der Waals surface area contributed by atoms with Crippen molar-refractivity contribution in [2.75, 3.05) is 12.4 Å². The summed E-state index contributed by atoms with van der Waals surface area (Å²) in [5.41, 5.74) is 0.613. The normalized spacial score (nSPS) is 10.7. The fraction of sp³-hybridized carbons (Fsp3) is 0.400.